The highest BCUT2D eigenvalue weighted by molar-refractivity contribution is 6.47. The van der Waals surface area contributed by atoms with Crippen LogP contribution in [0, 0.1) is 4.91 Å². The maximum absolute atomic E-state index is 13.2. The Kier molecular flexibility index (Phi) is 8.76. The van der Waals surface area contributed by atoms with Gasteiger partial charge in [-0.25, -0.2) is 4.99 Å². The van der Waals surface area contributed by atoms with Crippen LogP contribution in [0.5, 0.6) is 0 Å². The van der Waals surface area contributed by atoms with Gasteiger partial charge in [-0.2, -0.15) is 13.2 Å². The molecule has 11 heteroatoms. The molecule has 1 atom stereocenters. The van der Waals surface area contributed by atoms with Crippen molar-refractivity contribution < 1.29 is 18.0 Å². The van der Waals surface area contributed by atoms with Crippen molar-refractivity contribution in [1.82, 2.24) is 5.32 Å². The molecule has 4 rings (SSSR count). The molecule has 0 bridgehead atoms. The summed E-state index contributed by atoms with van der Waals surface area (Å²) < 4.78 is 39.7. The van der Waals surface area contributed by atoms with Gasteiger partial charge in [0.05, 0.1) is 5.69 Å². The Hall–Kier alpha value is -4.35. The lowest BCUT2D eigenvalue weighted by atomic mass is 9.83. The maximum atomic E-state index is 13.2. The van der Waals surface area contributed by atoms with E-state index in [9.17, 15) is 22.9 Å². The highest BCUT2D eigenvalue weighted by atomic mass is 19.4. The van der Waals surface area contributed by atoms with Gasteiger partial charge in [0, 0.05) is 24.8 Å². The van der Waals surface area contributed by atoms with E-state index in [-0.39, 0.29) is 24.5 Å². The quantitative estimate of drug-likeness (QED) is 0.196. The number of allylic oxidation sites excluding steroid dienone is 1. The average molecular weight is 551 g/mol. The zero-order chi connectivity index (χ0) is 28.8. The third kappa shape index (κ3) is 6.99. The van der Waals surface area contributed by atoms with Gasteiger partial charge in [0.1, 0.15) is 11.4 Å². The summed E-state index contributed by atoms with van der Waals surface area (Å²) in [6, 6.07) is 22.2. The number of nitrogens with zero attached hydrogens (tertiary/aromatic N) is 2. The number of hydrogen-bond donors (Lipinski definition) is 4. The van der Waals surface area contributed by atoms with E-state index in [4.69, 9.17) is 11.5 Å². The standard InChI is InChI=1S/C29H29F3N6O2/c30-29(31,32)26(34)16-25(36-23-10-4-6-19(14-23)17-33)27(39)37-24-11-5-9-21(15-24)28(38-40,18-35-22-12-13-22)20-7-2-1-3-8-20/h1-11,14-16,22,35H,12-13,17-18,33-34H2,(H,37,39). The number of anilines is 1. The van der Waals surface area contributed by atoms with Crippen LogP contribution in [0.3, 0.4) is 0 Å². The summed E-state index contributed by atoms with van der Waals surface area (Å²) in [6.45, 7) is 0.416. The monoisotopic (exact) mass is 550 g/mol. The normalized spacial score (nSPS) is 15.8. The highest BCUT2D eigenvalue weighted by Crippen LogP contribution is 2.36. The Labute approximate surface area is 229 Å². The summed E-state index contributed by atoms with van der Waals surface area (Å²) in [5.74, 6) is -0.928. The first kappa shape index (κ1) is 28.7. The molecule has 0 saturated heterocycles. The van der Waals surface area contributed by atoms with Crippen LogP contribution in [0.4, 0.5) is 24.5 Å². The number of nitroso groups, excluding NO2 is 1. The van der Waals surface area contributed by atoms with Gasteiger partial charge in [0.25, 0.3) is 5.91 Å². The van der Waals surface area contributed by atoms with Gasteiger partial charge in [-0.1, -0.05) is 59.8 Å². The largest absolute Gasteiger partial charge is 0.430 e. The molecule has 40 heavy (non-hydrogen) atoms. The van der Waals surface area contributed by atoms with Crippen LogP contribution in [0.15, 0.2) is 101 Å². The van der Waals surface area contributed by atoms with Crippen molar-refractivity contribution in [2.75, 3.05) is 11.9 Å². The molecule has 0 aromatic heterocycles. The molecule has 6 N–H and O–H groups in total. The summed E-state index contributed by atoms with van der Waals surface area (Å²) in [5, 5.41) is 9.49. The minimum Gasteiger partial charge on any atom is -0.395 e. The topological polar surface area (TPSA) is 135 Å². The molecule has 1 unspecified atom stereocenters. The first-order valence-electron chi connectivity index (χ1n) is 12.6. The van der Waals surface area contributed by atoms with Crippen molar-refractivity contribution in [2.24, 2.45) is 21.6 Å². The molecule has 0 aliphatic heterocycles. The number of amides is 1. The van der Waals surface area contributed by atoms with E-state index in [0.29, 0.717) is 28.8 Å². The molecule has 3 aromatic rings. The third-order valence-corrected chi connectivity index (χ3v) is 6.48. The van der Waals surface area contributed by atoms with Crippen molar-refractivity contribution in [1.29, 1.82) is 0 Å². The maximum Gasteiger partial charge on any atom is 0.430 e. The summed E-state index contributed by atoms with van der Waals surface area (Å²) >= 11 is 0. The number of rotatable bonds is 11. The third-order valence-electron chi connectivity index (χ3n) is 6.48. The van der Waals surface area contributed by atoms with Gasteiger partial charge in [-0.3, -0.25) is 4.79 Å². The van der Waals surface area contributed by atoms with Crippen LogP contribution < -0.4 is 22.1 Å². The van der Waals surface area contributed by atoms with Crippen LogP contribution in [0.1, 0.15) is 29.5 Å². The summed E-state index contributed by atoms with van der Waals surface area (Å²) in [6.07, 6.45) is -2.37. The number of aliphatic imine (C=N–C) groups is 1. The first-order chi connectivity index (χ1) is 19.1. The van der Waals surface area contributed by atoms with E-state index in [2.05, 4.69) is 20.8 Å². The Morgan fingerprint density at radius 2 is 1.68 bits per heavy atom. The molecular formula is C29H29F3N6O2. The number of carbonyl (C=O) groups is 1. The van der Waals surface area contributed by atoms with Crippen LogP contribution in [-0.2, 0) is 16.9 Å². The molecule has 1 amide bonds. The van der Waals surface area contributed by atoms with E-state index < -0.39 is 29.0 Å². The smallest absolute Gasteiger partial charge is 0.395 e. The molecule has 1 aliphatic carbocycles. The predicted molar refractivity (Wildman–Crippen MR) is 149 cm³/mol. The fourth-order valence-corrected chi connectivity index (χ4v) is 4.12. The van der Waals surface area contributed by atoms with Crippen molar-refractivity contribution in [3.8, 4) is 0 Å². The van der Waals surface area contributed by atoms with E-state index in [1.165, 1.54) is 6.07 Å². The van der Waals surface area contributed by atoms with Crippen molar-refractivity contribution >= 4 is 23.0 Å². The molecule has 1 aliphatic rings. The Balaban J connectivity index is 1.69. The van der Waals surface area contributed by atoms with Crippen LogP contribution in [-0.4, -0.2) is 30.4 Å². The van der Waals surface area contributed by atoms with Gasteiger partial charge in [0.2, 0.25) is 0 Å². The molecule has 0 radical (unpaired) electrons. The summed E-state index contributed by atoms with van der Waals surface area (Å²) in [5.41, 5.74) is 9.83. The van der Waals surface area contributed by atoms with Crippen LogP contribution in [0.25, 0.3) is 0 Å². The average Bonchev–Trinajstić information content (AvgIpc) is 3.78. The van der Waals surface area contributed by atoms with Crippen LogP contribution in [0.2, 0.25) is 0 Å². The Morgan fingerprint density at radius 1 is 0.975 bits per heavy atom. The lowest BCUT2D eigenvalue weighted by Crippen LogP contribution is -2.38. The number of benzene rings is 3. The second-order valence-corrected chi connectivity index (χ2v) is 9.48. The molecule has 1 saturated carbocycles. The second kappa shape index (κ2) is 12.2. The fourth-order valence-electron chi connectivity index (χ4n) is 4.12. The van der Waals surface area contributed by atoms with Gasteiger partial charge in [-0.05, 0) is 59.9 Å². The lowest BCUT2D eigenvalue weighted by molar-refractivity contribution is -0.110. The highest BCUT2D eigenvalue weighted by Gasteiger charge is 2.38. The first-order valence-corrected chi connectivity index (χ1v) is 12.6. The van der Waals surface area contributed by atoms with Gasteiger partial charge in [0.15, 0.2) is 5.54 Å². The predicted octanol–water partition coefficient (Wildman–Crippen LogP) is 5.02. The molecule has 3 aromatic carbocycles. The van der Waals surface area contributed by atoms with Crippen molar-refractivity contribution in [3.05, 3.63) is 112 Å². The molecule has 208 valence electrons. The molecular weight excluding hydrogens is 521 g/mol. The number of nitrogens with one attached hydrogen (secondary N) is 2. The molecule has 0 spiro atoms. The van der Waals surface area contributed by atoms with Gasteiger partial charge >= 0.3 is 6.18 Å². The van der Waals surface area contributed by atoms with Crippen molar-refractivity contribution in [3.63, 3.8) is 0 Å². The summed E-state index contributed by atoms with van der Waals surface area (Å²) in [4.78, 5) is 29.8. The molecule has 0 heterocycles. The van der Waals surface area contributed by atoms with E-state index in [1.54, 1.807) is 66.7 Å². The van der Waals surface area contributed by atoms with E-state index >= 15 is 0 Å². The Morgan fingerprint density at radius 3 is 2.33 bits per heavy atom. The second-order valence-electron chi connectivity index (χ2n) is 9.48. The van der Waals surface area contributed by atoms with E-state index in [0.717, 1.165) is 12.8 Å². The minimum absolute atomic E-state index is 0.182. The van der Waals surface area contributed by atoms with Crippen LogP contribution >= 0.6 is 0 Å². The van der Waals surface area contributed by atoms with Gasteiger partial charge < -0.3 is 22.1 Å². The lowest BCUT2D eigenvalue weighted by Gasteiger charge is -2.28. The molecule has 1 fully saturated rings. The SMILES string of the molecule is NCc1cccc(N=C(C=C(N)C(F)(F)F)C(=O)Nc2cccc(C(CNC3CC3)(N=O)c3ccccc3)c2)c1. The number of nitrogens with two attached hydrogens (primary N) is 2. The zero-order valence-corrected chi connectivity index (χ0v) is 21.5. The zero-order valence-electron chi connectivity index (χ0n) is 21.5. The molecule has 8 nitrogen and oxygen atoms in total. The number of halogens is 3. The van der Waals surface area contributed by atoms with Crippen molar-refractivity contribution in [2.45, 2.75) is 37.1 Å². The number of alkyl halides is 3. The fraction of sp³-hybridized carbons (Fsp3) is 0.241. The number of hydrogen-bond acceptors (Lipinski definition) is 7. The van der Waals surface area contributed by atoms with Gasteiger partial charge in [-0.15, -0.1) is 4.91 Å². The van der Waals surface area contributed by atoms with E-state index in [1.807, 2.05) is 6.07 Å². The summed E-state index contributed by atoms with van der Waals surface area (Å²) in [7, 11) is 0. The minimum atomic E-state index is -4.86. The number of carbonyl (C=O) groups excluding carboxylic acids is 1. The Bertz CT molecular complexity index is 1420.